The Labute approximate surface area is 126 Å². The number of benzene rings is 1. The van der Waals surface area contributed by atoms with Crippen molar-refractivity contribution in [2.45, 2.75) is 25.9 Å². The van der Waals surface area contributed by atoms with E-state index in [0.29, 0.717) is 17.6 Å². The van der Waals surface area contributed by atoms with Crippen molar-refractivity contribution in [1.82, 2.24) is 4.90 Å². The van der Waals surface area contributed by atoms with Gasteiger partial charge in [-0.2, -0.15) is 0 Å². The van der Waals surface area contributed by atoms with E-state index in [1.165, 1.54) is 12.1 Å². The van der Waals surface area contributed by atoms with Crippen molar-refractivity contribution >= 4 is 27.6 Å². The van der Waals surface area contributed by atoms with Crippen LogP contribution in [-0.4, -0.2) is 35.2 Å². The summed E-state index contributed by atoms with van der Waals surface area (Å²) >= 11 is 3.25. The third-order valence-corrected chi connectivity index (χ3v) is 4.09. The lowest BCUT2D eigenvalue weighted by Gasteiger charge is -2.34. The second-order valence-electron chi connectivity index (χ2n) is 5.14. The maximum absolute atomic E-state index is 13.6. The summed E-state index contributed by atoms with van der Waals surface area (Å²) < 4.78 is 14.3. The summed E-state index contributed by atoms with van der Waals surface area (Å²) in [4.78, 5) is 13.8. The van der Waals surface area contributed by atoms with Crippen molar-refractivity contribution in [2.24, 2.45) is 5.92 Å². The van der Waals surface area contributed by atoms with Crippen LogP contribution in [-0.2, 0) is 0 Å². The first-order valence-electron chi connectivity index (χ1n) is 6.66. The fraction of sp³-hybridized carbons (Fsp3) is 0.500. The van der Waals surface area contributed by atoms with Gasteiger partial charge in [-0.1, -0.05) is 15.9 Å². The van der Waals surface area contributed by atoms with Gasteiger partial charge in [0.1, 0.15) is 5.82 Å². The number of halogens is 2. The molecule has 0 radical (unpaired) electrons. The van der Waals surface area contributed by atoms with Crippen LogP contribution in [0.1, 0.15) is 19.8 Å². The van der Waals surface area contributed by atoms with Gasteiger partial charge in [-0.15, -0.1) is 0 Å². The van der Waals surface area contributed by atoms with E-state index in [2.05, 4.69) is 21.2 Å². The van der Waals surface area contributed by atoms with Gasteiger partial charge in [-0.3, -0.25) is 0 Å². The molecule has 20 heavy (non-hydrogen) atoms. The first-order valence-corrected chi connectivity index (χ1v) is 7.45. The normalized spacial score (nSPS) is 20.6. The Hall–Kier alpha value is -1.14. The summed E-state index contributed by atoms with van der Waals surface area (Å²) in [5.41, 5.74) is 0.156. The van der Waals surface area contributed by atoms with Gasteiger partial charge in [0.2, 0.25) is 0 Å². The summed E-state index contributed by atoms with van der Waals surface area (Å²) in [6.45, 7) is 2.86. The molecule has 0 saturated carbocycles. The maximum atomic E-state index is 13.6. The summed E-state index contributed by atoms with van der Waals surface area (Å²) in [6, 6.07) is 4.08. The second-order valence-corrected chi connectivity index (χ2v) is 6.06. The molecule has 0 bridgehead atoms. The predicted octanol–water partition coefficient (Wildman–Crippen LogP) is 3.21. The van der Waals surface area contributed by atoms with Crippen molar-refractivity contribution < 1.29 is 14.3 Å². The number of carbonyl (C=O) groups excluding carboxylic acids is 1. The highest BCUT2D eigenvalue weighted by Crippen LogP contribution is 2.23. The van der Waals surface area contributed by atoms with E-state index in [1.54, 1.807) is 17.9 Å². The molecule has 1 aliphatic rings. The average Bonchev–Trinajstić information content (AvgIpc) is 2.43. The molecular formula is C14H18BrFN2O2. The second kappa shape index (κ2) is 6.54. The number of rotatable bonds is 2. The number of aliphatic hydroxyl groups is 1. The maximum Gasteiger partial charge on any atom is 0.321 e. The van der Waals surface area contributed by atoms with E-state index in [4.69, 9.17) is 0 Å². The van der Waals surface area contributed by atoms with Crippen LogP contribution in [0, 0.1) is 11.7 Å². The number of hydrogen-bond donors (Lipinski definition) is 2. The van der Waals surface area contributed by atoms with Gasteiger partial charge in [0, 0.05) is 23.5 Å². The van der Waals surface area contributed by atoms with Crippen molar-refractivity contribution in [3.8, 4) is 0 Å². The first kappa shape index (κ1) is 15.3. The quantitative estimate of drug-likeness (QED) is 0.865. The van der Waals surface area contributed by atoms with Crippen LogP contribution in [0.3, 0.4) is 0 Å². The lowest BCUT2D eigenvalue weighted by molar-refractivity contribution is 0.0766. The zero-order valence-electron chi connectivity index (χ0n) is 11.3. The molecule has 0 aliphatic carbocycles. The number of hydrogen-bond acceptors (Lipinski definition) is 2. The molecule has 1 saturated heterocycles. The first-order chi connectivity index (χ1) is 9.47. The van der Waals surface area contributed by atoms with Crippen molar-refractivity contribution in [1.29, 1.82) is 0 Å². The van der Waals surface area contributed by atoms with Gasteiger partial charge in [-0.25, -0.2) is 9.18 Å². The zero-order valence-corrected chi connectivity index (χ0v) is 12.9. The van der Waals surface area contributed by atoms with Crippen LogP contribution in [0.25, 0.3) is 0 Å². The highest BCUT2D eigenvalue weighted by Gasteiger charge is 2.26. The van der Waals surface area contributed by atoms with E-state index < -0.39 is 11.9 Å². The van der Waals surface area contributed by atoms with Gasteiger partial charge in [-0.05, 0) is 38.0 Å². The van der Waals surface area contributed by atoms with Gasteiger partial charge < -0.3 is 15.3 Å². The molecule has 0 spiro atoms. The van der Waals surface area contributed by atoms with Gasteiger partial charge in [0.05, 0.1) is 11.8 Å². The summed E-state index contributed by atoms with van der Waals surface area (Å²) in [6.07, 6.45) is 1.32. The number of nitrogens with zero attached hydrogens (tertiary/aromatic N) is 1. The minimum atomic E-state index is -0.467. The number of carbonyl (C=O) groups is 1. The number of urea groups is 1. The third kappa shape index (κ3) is 3.70. The highest BCUT2D eigenvalue weighted by molar-refractivity contribution is 9.10. The van der Waals surface area contributed by atoms with E-state index in [0.717, 1.165) is 12.8 Å². The molecule has 1 aliphatic heterocycles. The van der Waals surface area contributed by atoms with Gasteiger partial charge in [0.25, 0.3) is 0 Å². The highest BCUT2D eigenvalue weighted by atomic mass is 79.9. The Morgan fingerprint density at radius 3 is 3.05 bits per heavy atom. The molecule has 4 nitrogen and oxygen atoms in total. The minimum absolute atomic E-state index is 0.0851. The van der Waals surface area contributed by atoms with Crippen LogP contribution in [0.2, 0.25) is 0 Å². The van der Waals surface area contributed by atoms with Crippen LogP contribution in [0.5, 0.6) is 0 Å². The number of anilines is 1. The monoisotopic (exact) mass is 344 g/mol. The summed E-state index contributed by atoms with van der Waals surface area (Å²) in [7, 11) is 0. The largest absolute Gasteiger partial charge is 0.393 e. The molecule has 110 valence electrons. The van der Waals surface area contributed by atoms with Crippen LogP contribution in [0.15, 0.2) is 22.7 Å². The van der Waals surface area contributed by atoms with Crippen LogP contribution >= 0.6 is 15.9 Å². The molecule has 1 heterocycles. The molecule has 6 heteroatoms. The van der Waals surface area contributed by atoms with Crippen LogP contribution in [0.4, 0.5) is 14.9 Å². The average molecular weight is 345 g/mol. The van der Waals surface area contributed by atoms with E-state index in [1.807, 2.05) is 0 Å². The Morgan fingerprint density at radius 1 is 1.60 bits per heavy atom. The molecule has 1 aromatic rings. The molecule has 0 aromatic heterocycles. The number of amides is 2. The van der Waals surface area contributed by atoms with E-state index in [9.17, 15) is 14.3 Å². The van der Waals surface area contributed by atoms with Crippen molar-refractivity contribution in [2.75, 3.05) is 18.4 Å². The van der Waals surface area contributed by atoms with Crippen molar-refractivity contribution in [3.05, 3.63) is 28.5 Å². The lowest BCUT2D eigenvalue weighted by Crippen LogP contribution is -2.44. The summed E-state index contributed by atoms with van der Waals surface area (Å²) in [5.74, 6) is -0.382. The molecule has 2 amide bonds. The Bertz CT molecular complexity index is 496. The molecule has 2 N–H and O–H groups in total. The smallest absolute Gasteiger partial charge is 0.321 e. The molecule has 2 rings (SSSR count). The van der Waals surface area contributed by atoms with E-state index in [-0.39, 0.29) is 17.6 Å². The number of piperidine rings is 1. The van der Waals surface area contributed by atoms with Gasteiger partial charge in [0.15, 0.2) is 0 Å². The lowest BCUT2D eigenvalue weighted by atomic mass is 9.94. The summed E-state index contributed by atoms with van der Waals surface area (Å²) in [5, 5.41) is 12.2. The Balaban J connectivity index is 2.02. The standard InChI is InChI=1S/C14H18BrFN2O2/c1-9(19)10-3-2-6-18(8-10)14(20)17-13-7-11(15)4-5-12(13)16/h4-5,7,9-10,19H,2-3,6,8H2,1H3,(H,17,20). The van der Waals surface area contributed by atoms with E-state index >= 15 is 0 Å². The number of aliphatic hydroxyl groups excluding tert-OH is 1. The SMILES string of the molecule is CC(O)C1CCCN(C(=O)Nc2cc(Br)ccc2F)C1. The number of likely N-dealkylation sites (tertiary alicyclic amines) is 1. The topological polar surface area (TPSA) is 52.6 Å². The number of nitrogens with one attached hydrogen (secondary N) is 1. The minimum Gasteiger partial charge on any atom is -0.393 e. The molecule has 1 fully saturated rings. The fourth-order valence-electron chi connectivity index (χ4n) is 2.38. The molecule has 2 unspecified atom stereocenters. The van der Waals surface area contributed by atoms with Crippen molar-refractivity contribution in [3.63, 3.8) is 0 Å². The third-order valence-electron chi connectivity index (χ3n) is 3.60. The predicted molar refractivity (Wildman–Crippen MR) is 79.1 cm³/mol. The zero-order chi connectivity index (χ0) is 14.7. The fourth-order valence-corrected chi connectivity index (χ4v) is 2.74. The van der Waals surface area contributed by atoms with Crippen LogP contribution < -0.4 is 5.32 Å². The Morgan fingerprint density at radius 2 is 2.35 bits per heavy atom. The molecule has 2 atom stereocenters. The molecular weight excluding hydrogens is 327 g/mol. The van der Waals surface area contributed by atoms with Gasteiger partial charge >= 0.3 is 6.03 Å². The Kier molecular flexibility index (Phi) is 4.99. The molecule has 1 aromatic carbocycles.